The fraction of sp³-hybridized carbons (Fsp3) is 0.115. The molecule has 182 valence electrons. The maximum Gasteiger partial charge on any atom is 0.268 e. The van der Waals surface area contributed by atoms with Crippen LogP contribution in [0.1, 0.15) is 11.1 Å². The van der Waals surface area contributed by atoms with Crippen LogP contribution in [0, 0.1) is 5.82 Å². The minimum Gasteiger partial charge on any atom is -0.351 e. The van der Waals surface area contributed by atoms with Crippen molar-refractivity contribution >= 4 is 33.4 Å². The molecule has 0 aliphatic carbocycles. The third kappa shape index (κ3) is 4.95. The molecule has 0 saturated carbocycles. The molecule has 7 nitrogen and oxygen atoms in total. The van der Waals surface area contributed by atoms with Crippen molar-refractivity contribution in [3.8, 4) is 11.3 Å². The van der Waals surface area contributed by atoms with Crippen LogP contribution in [-0.2, 0) is 27.9 Å². The van der Waals surface area contributed by atoms with Crippen molar-refractivity contribution in [1.29, 1.82) is 0 Å². The number of amides is 1. The second-order valence-electron chi connectivity index (χ2n) is 8.08. The van der Waals surface area contributed by atoms with Gasteiger partial charge >= 0.3 is 0 Å². The summed E-state index contributed by atoms with van der Waals surface area (Å²) in [4.78, 5) is 21.0. The first kappa shape index (κ1) is 24.0. The molecule has 10 heteroatoms. The fourth-order valence-corrected chi connectivity index (χ4v) is 6.10. The average Bonchev–Trinajstić information content (AvgIpc) is 2.89. The summed E-state index contributed by atoms with van der Waals surface area (Å²) in [5.41, 5.74) is 2.86. The van der Waals surface area contributed by atoms with Gasteiger partial charge in [0.25, 0.3) is 10.0 Å². The van der Waals surface area contributed by atoms with Crippen LogP contribution in [0.25, 0.3) is 11.3 Å². The van der Waals surface area contributed by atoms with Crippen molar-refractivity contribution < 1.29 is 17.6 Å². The van der Waals surface area contributed by atoms with E-state index in [0.717, 1.165) is 17.3 Å². The minimum atomic E-state index is -4.00. The van der Waals surface area contributed by atoms with Gasteiger partial charge in [0.15, 0.2) is 5.16 Å². The molecule has 0 radical (unpaired) electrons. The highest BCUT2D eigenvalue weighted by Gasteiger charge is 2.36. The van der Waals surface area contributed by atoms with E-state index in [9.17, 15) is 17.6 Å². The maximum atomic E-state index is 13.7. The van der Waals surface area contributed by atoms with Gasteiger partial charge in [-0.1, -0.05) is 72.4 Å². The van der Waals surface area contributed by atoms with Gasteiger partial charge in [0.1, 0.15) is 10.7 Å². The lowest BCUT2D eigenvalue weighted by Crippen LogP contribution is -2.34. The van der Waals surface area contributed by atoms with Gasteiger partial charge in [-0.3, -0.25) is 9.10 Å². The monoisotopic (exact) mass is 520 g/mol. The predicted octanol–water partition coefficient (Wildman–Crippen LogP) is 4.40. The number of nitrogens with zero attached hydrogens (tertiary/aromatic N) is 3. The van der Waals surface area contributed by atoms with Gasteiger partial charge in [-0.05, 0) is 29.3 Å². The lowest BCUT2D eigenvalue weighted by Gasteiger charge is -2.31. The van der Waals surface area contributed by atoms with Crippen LogP contribution in [0.3, 0.4) is 0 Å². The fourth-order valence-electron chi connectivity index (χ4n) is 3.89. The molecule has 3 aromatic carbocycles. The third-order valence-electron chi connectivity index (χ3n) is 5.61. The zero-order valence-electron chi connectivity index (χ0n) is 19.0. The Labute approximate surface area is 212 Å². The van der Waals surface area contributed by atoms with E-state index in [1.807, 2.05) is 30.3 Å². The number of anilines is 1. The second kappa shape index (κ2) is 10.1. The van der Waals surface area contributed by atoms with Gasteiger partial charge in [0, 0.05) is 12.1 Å². The zero-order chi connectivity index (χ0) is 25.1. The van der Waals surface area contributed by atoms with Gasteiger partial charge in [-0.2, -0.15) is 0 Å². The second-order valence-corrected chi connectivity index (χ2v) is 10.8. The van der Waals surface area contributed by atoms with E-state index in [0.29, 0.717) is 28.5 Å². The van der Waals surface area contributed by atoms with Crippen LogP contribution < -0.4 is 9.62 Å². The number of benzene rings is 3. The van der Waals surface area contributed by atoms with Gasteiger partial charge in [0.05, 0.1) is 29.9 Å². The molecule has 0 spiro atoms. The molecule has 5 rings (SSSR count). The third-order valence-corrected chi connectivity index (χ3v) is 8.23. The Bertz CT molecular complexity index is 1530. The van der Waals surface area contributed by atoms with Crippen LogP contribution >= 0.6 is 11.8 Å². The first-order chi connectivity index (χ1) is 17.4. The number of carbonyl (C=O) groups excluding carboxylic acids is 1. The number of aromatic nitrogens is 2. The smallest absolute Gasteiger partial charge is 0.268 e. The molecule has 1 aliphatic rings. The first-order valence-electron chi connectivity index (χ1n) is 11.1. The standard InChI is InChI=1S/C26H21FN4O3S2/c27-20-10-6-9-19(13-20)16-31-22-12-5-4-11-21(22)25-23(36(31,33)34)15-29-26(30-25)35-17-24(32)28-14-18-7-2-1-3-8-18/h1-13,15H,14,16-17H2,(H,28,32). The van der Waals surface area contributed by atoms with Gasteiger partial charge < -0.3 is 5.32 Å². The van der Waals surface area contributed by atoms with Crippen LogP contribution in [0.15, 0.2) is 95.1 Å². The summed E-state index contributed by atoms with van der Waals surface area (Å²) in [6.45, 7) is 0.382. The highest BCUT2D eigenvalue weighted by molar-refractivity contribution is 7.99. The highest BCUT2D eigenvalue weighted by Crippen LogP contribution is 2.42. The van der Waals surface area contributed by atoms with Crippen LogP contribution in [-0.4, -0.2) is 30.0 Å². The largest absolute Gasteiger partial charge is 0.351 e. The molecule has 0 fully saturated rings. The zero-order valence-corrected chi connectivity index (χ0v) is 20.6. The summed E-state index contributed by atoms with van der Waals surface area (Å²) in [6.07, 6.45) is 1.27. The average molecular weight is 521 g/mol. The summed E-state index contributed by atoms with van der Waals surface area (Å²) in [5, 5.41) is 3.15. The molecule has 1 aliphatic heterocycles. The highest BCUT2D eigenvalue weighted by atomic mass is 32.2. The Kier molecular flexibility index (Phi) is 6.71. The Morgan fingerprint density at radius 3 is 2.53 bits per heavy atom. The molecule has 4 aromatic rings. The lowest BCUT2D eigenvalue weighted by molar-refractivity contribution is -0.118. The van der Waals surface area contributed by atoms with E-state index in [1.54, 1.807) is 36.4 Å². The van der Waals surface area contributed by atoms with E-state index in [4.69, 9.17) is 0 Å². The Morgan fingerprint density at radius 2 is 1.72 bits per heavy atom. The number of halogens is 1. The first-order valence-corrected chi connectivity index (χ1v) is 13.5. The van der Waals surface area contributed by atoms with E-state index in [2.05, 4.69) is 15.3 Å². The molecule has 0 unspecified atom stereocenters. The van der Waals surface area contributed by atoms with Gasteiger partial charge in [0.2, 0.25) is 5.91 Å². The van der Waals surface area contributed by atoms with Crippen molar-refractivity contribution in [2.24, 2.45) is 0 Å². The molecular weight excluding hydrogens is 499 g/mol. The topological polar surface area (TPSA) is 92.3 Å². The summed E-state index contributed by atoms with van der Waals surface area (Å²) in [6, 6.07) is 22.4. The number of rotatable bonds is 7. The molecule has 0 bridgehead atoms. The van der Waals surface area contributed by atoms with E-state index in [1.165, 1.54) is 22.6 Å². The Hall–Kier alpha value is -3.76. The quantitative estimate of drug-likeness (QED) is 0.287. The number of carbonyl (C=O) groups is 1. The predicted molar refractivity (Wildman–Crippen MR) is 136 cm³/mol. The molecule has 0 saturated heterocycles. The number of para-hydroxylation sites is 1. The Morgan fingerprint density at radius 1 is 0.972 bits per heavy atom. The number of thioether (sulfide) groups is 1. The molecule has 0 atom stereocenters. The van der Waals surface area contributed by atoms with Crippen molar-refractivity contribution in [2.75, 3.05) is 10.1 Å². The number of sulfonamides is 1. The van der Waals surface area contributed by atoms with Gasteiger partial charge in [-0.25, -0.2) is 22.8 Å². The summed E-state index contributed by atoms with van der Waals surface area (Å²) < 4.78 is 42.1. The summed E-state index contributed by atoms with van der Waals surface area (Å²) in [7, 11) is -4.00. The van der Waals surface area contributed by atoms with E-state index >= 15 is 0 Å². The molecule has 1 aromatic heterocycles. The lowest BCUT2D eigenvalue weighted by atomic mass is 10.1. The van der Waals surface area contributed by atoms with E-state index < -0.39 is 15.8 Å². The minimum absolute atomic E-state index is 0.0320. The maximum absolute atomic E-state index is 13.7. The van der Waals surface area contributed by atoms with Crippen molar-refractivity contribution in [2.45, 2.75) is 23.1 Å². The van der Waals surface area contributed by atoms with Crippen LogP contribution in [0.5, 0.6) is 0 Å². The number of nitrogens with one attached hydrogen (secondary N) is 1. The SMILES string of the molecule is O=C(CSc1ncc2c(n1)-c1ccccc1N(Cc1cccc(F)c1)S2(=O)=O)NCc1ccccc1. The van der Waals surface area contributed by atoms with Crippen molar-refractivity contribution in [3.05, 3.63) is 102 Å². The summed E-state index contributed by atoms with van der Waals surface area (Å²) >= 11 is 1.13. The van der Waals surface area contributed by atoms with Gasteiger partial charge in [-0.15, -0.1) is 0 Å². The molecule has 1 N–H and O–H groups in total. The normalized spacial score (nSPS) is 13.5. The molecule has 2 heterocycles. The number of hydrogen-bond donors (Lipinski definition) is 1. The number of fused-ring (bicyclic) bond motifs is 3. The molecular formula is C26H21FN4O3S2. The summed E-state index contributed by atoms with van der Waals surface area (Å²) in [5.74, 6) is -0.529. The van der Waals surface area contributed by atoms with E-state index in [-0.39, 0.29) is 28.8 Å². The van der Waals surface area contributed by atoms with Crippen LogP contribution in [0.2, 0.25) is 0 Å². The Balaban J connectivity index is 1.38. The van der Waals surface area contributed by atoms with Crippen molar-refractivity contribution in [3.63, 3.8) is 0 Å². The number of hydrogen-bond acceptors (Lipinski definition) is 6. The molecule has 36 heavy (non-hydrogen) atoms. The van der Waals surface area contributed by atoms with Crippen molar-refractivity contribution in [1.82, 2.24) is 15.3 Å². The molecule has 1 amide bonds. The van der Waals surface area contributed by atoms with Crippen LogP contribution in [0.4, 0.5) is 10.1 Å².